The number of alkyl halides is 3. The van der Waals surface area contributed by atoms with Crippen LogP contribution < -0.4 is 10.5 Å². The van der Waals surface area contributed by atoms with Crippen molar-refractivity contribution in [1.82, 2.24) is 0 Å². The van der Waals surface area contributed by atoms with Crippen LogP contribution in [-0.4, -0.2) is 18.0 Å². The first-order chi connectivity index (χ1) is 6.92. The minimum atomic E-state index is -4.73. The molecule has 1 rings (SSSR count). The maximum absolute atomic E-state index is 11.8. The van der Waals surface area contributed by atoms with E-state index in [0.29, 0.717) is 5.56 Å². The molecule has 16 heavy (non-hydrogen) atoms. The van der Waals surface area contributed by atoms with Gasteiger partial charge in [0.15, 0.2) is 0 Å². The number of aliphatic hydroxyl groups excluding tert-OH is 1. The minimum absolute atomic E-state index is 0. The highest BCUT2D eigenvalue weighted by Gasteiger charge is 2.31. The minimum Gasteiger partial charge on any atom is -0.406 e. The van der Waals surface area contributed by atoms with Gasteiger partial charge in [0, 0.05) is 6.54 Å². The zero-order valence-electron chi connectivity index (χ0n) is 8.07. The van der Waals surface area contributed by atoms with Crippen molar-refractivity contribution in [1.29, 1.82) is 0 Å². The number of ether oxygens (including phenoxy) is 1. The first kappa shape index (κ1) is 15.0. The van der Waals surface area contributed by atoms with E-state index in [-0.39, 0.29) is 24.7 Å². The number of benzene rings is 1. The van der Waals surface area contributed by atoms with Gasteiger partial charge in [0.2, 0.25) is 0 Å². The van der Waals surface area contributed by atoms with E-state index in [2.05, 4.69) is 4.74 Å². The molecule has 0 aromatic heterocycles. The van der Waals surface area contributed by atoms with Gasteiger partial charge in [0.05, 0.1) is 6.10 Å². The third kappa shape index (κ3) is 4.69. The molecule has 1 aromatic rings. The molecule has 0 amide bonds. The smallest absolute Gasteiger partial charge is 0.406 e. The molecule has 0 heterocycles. The Labute approximate surface area is 96.4 Å². The van der Waals surface area contributed by atoms with Crippen LogP contribution in [0, 0.1) is 0 Å². The molecule has 92 valence electrons. The van der Waals surface area contributed by atoms with Crippen molar-refractivity contribution in [3.63, 3.8) is 0 Å². The summed E-state index contributed by atoms with van der Waals surface area (Å²) in [7, 11) is 0. The van der Waals surface area contributed by atoms with Gasteiger partial charge >= 0.3 is 6.36 Å². The Morgan fingerprint density at radius 2 is 2.00 bits per heavy atom. The van der Waals surface area contributed by atoms with Gasteiger partial charge < -0.3 is 15.6 Å². The third-order valence-corrected chi connectivity index (χ3v) is 1.70. The highest BCUT2D eigenvalue weighted by atomic mass is 35.5. The molecular weight excluding hydrogens is 247 g/mol. The largest absolute Gasteiger partial charge is 0.573 e. The van der Waals surface area contributed by atoms with E-state index >= 15 is 0 Å². The number of hydrogen-bond donors (Lipinski definition) is 2. The third-order valence-electron chi connectivity index (χ3n) is 1.70. The molecule has 1 aromatic carbocycles. The Morgan fingerprint density at radius 1 is 1.38 bits per heavy atom. The molecule has 0 saturated heterocycles. The van der Waals surface area contributed by atoms with Gasteiger partial charge in [0.25, 0.3) is 0 Å². The highest BCUT2D eigenvalue weighted by Crippen LogP contribution is 2.25. The summed E-state index contributed by atoms with van der Waals surface area (Å²) in [5.41, 5.74) is 5.46. The van der Waals surface area contributed by atoms with Gasteiger partial charge in [-0.05, 0) is 17.7 Å². The van der Waals surface area contributed by atoms with Crippen LogP contribution in [-0.2, 0) is 0 Å². The van der Waals surface area contributed by atoms with Crippen LogP contribution in [0.25, 0.3) is 0 Å². The van der Waals surface area contributed by atoms with Crippen LogP contribution in [0.2, 0.25) is 0 Å². The van der Waals surface area contributed by atoms with Crippen molar-refractivity contribution in [3.05, 3.63) is 29.8 Å². The van der Waals surface area contributed by atoms with E-state index in [4.69, 9.17) is 5.73 Å². The molecule has 0 bridgehead atoms. The normalized spacial score (nSPS) is 12.8. The van der Waals surface area contributed by atoms with Gasteiger partial charge in [-0.2, -0.15) is 0 Å². The average molecular weight is 258 g/mol. The van der Waals surface area contributed by atoms with Crippen molar-refractivity contribution >= 4 is 12.4 Å². The van der Waals surface area contributed by atoms with Gasteiger partial charge in [-0.25, -0.2) is 0 Å². The molecule has 0 spiro atoms. The van der Waals surface area contributed by atoms with Gasteiger partial charge in [-0.15, -0.1) is 25.6 Å². The molecule has 0 aliphatic carbocycles. The molecule has 0 aliphatic heterocycles. The maximum atomic E-state index is 11.8. The molecule has 3 N–H and O–H groups in total. The Morgan fingerprint density at radius 3 is 2.50 bits per heavy atom. The molecule has 7 heteroatoms. The van der Waals surface area contributed by atoms with E-state index in [9.17, 15) is 18.3 Å². The lowest BCUT2D eigenvalue weighted by molar-refractivity contribution is -0.274. The molecule has 0 aliphatic rings. The lowest BCUT2D eigenvalue weighted by Crippen LogP contribution is -2.17. The van der Waals surface area contributed by atoms with Crippen LogP contribution >= 0.6 is 12.4 Å². The second kappa shape index (κ2) is 5.93. The van der Waals surface area contributed by atoms with E-state index in [0.717, 1.165) is 12.1 Å². The summed E-state index contributed by atoms with van der Waals surface area (Å²) in [6, 6.07) is 5.08. The number of rotatable bonds is 3. The summed E-state index contributed by atoms with van der Waals surface area (Å²) in [5.74, 6) is -0.368. The second-order valence-corrected chi connectivity index (χ2v) is 2.87. The molecule has 1 atom stereocenters. The summed E-state index contributed by atoms with van der Waals surface area (Å²) >= 11 is 0. The summed E-state index contributed by atoms with van der Waals surface area (Å²) in [4.78, 5) is 0. The van der Waals surface area contributed by atoms with Crippen LogP contribution in [0.5, 0.6) is 5.75 Å². The average Bonchev–Trinajstić information content (AvgIpc) is 2.14. The summed E-state index contributed by atoms with van der Waals surface area (Å²) in [6.07, 6.45) is -5.71. The molecule has 0 fully saturated rings. The standard InChI is InChI=1S/C9H10F3NO2.ClH/c10-9(11,12)15-7-3-1-2-6(4-7)8(14)5-13;/h1-4,8,14H,5,13H2;1H. The molecular formula is C9H11ClF3NO2. The number of aliphatic hydroxyl groups is 1. The zero-order valence-corrected chi connectivity index (χ0v) is 8.89. The van der Waals surface area contributed by atoms with E-state index in [1.54, 1.807) is 0 Å². The Kier molecular flexibility index (Phi) is 5.57. The zero-order chi connectivity index (χ0) is 11.5. The van der Waals surface area contributed by atoms with Gasteiger partial charge in [-0.1, -0.05) is 12.1 Å². The molecule has 0 saturated carbocycles. The van der Waals surface area contributed by atoms with Crippen LogP contribution in [0.1, 0.15) is 11.7 Å². The molecule has 3 nitrogen and oxygen atoms in total. The first-order valence-electron chi connectivity index (χ1n) is 4.16. The van der Waals surface area contributed by atoms with E-state index in [1.807, 2.05) is 0 Å². The monoisotopic (exact) mass is 257 g/mol. The lowest BCUT2D eigenvalue weighted by Gasteiger charge is -2.12. The highest BCUT2D eigenvalue weighted by molar-refractivity contribution is 5.85. The van der Waals surface area contributed by atoms with Crippen molar-refractivity contribution in [2.24, 2.45) is 5.73 Å². The van der Waals surface area contributed by atoms with Crippen molar-refractivity contribution < 1.29 is 23.0 Å². The fourth-order valence-electron chi connectivity index (χ4n) is 1.06. The van der Waals surface area contributed by atoms with Crippen molar-refractivity contribution in [3.8, 4) is 5.75 Å². The summed E-state index contributed by atoms with van der Waals surface area (Å²) < 4.78 is 39.2. The number of nitrogens with two attached hydrogens (primary N) is 1. The predicted molar refractivity (Wildman–Crippen MR) is 54.4 cm³/mol. The van der Waals surface area contributed by atoms with Crippen LogP contribution in [0.15, 0.2) is 24.3 Å². The Hall–Kier alpha value is -0.980. The molecule has 1 unspecified atom stereocenters. The Bertz CT molecular complexity index is 333. The molecule has 0 radical (unpaired) electrons. The first-order valence-corrected chi connectivity index (χ1v) is 4.16. The van der Waals surface area contributed by atoms with Crippen LogP contribution in [0.3, 0.4) is 0 Å². The van der Waals surface area contributed by atoms with E-state index < -0.39 is 12.5 Å². The quantitative estimate of drug-likeness (QED) is 0.871. The fraction of sp³-hybridized carbons (Fsp3) is 0.333. The van der Waals surface area contributed by atoms with E-state index in [1.165, 1.54) is 12.1 Å². The predicted octanol–water partition coefficient (Wildman–Crippen LogP) is 2.00. The lowest BCUT2D eigenvalue weighted by atomic mass is 10.1. The number of halogens is 4. The Balaban J connectivity index is 0.00000225. The fourth-order valence-corrected chi connectivity index (χ4v) is 1.06. The van der Waals surface area contributed by atoms with Crippen molar-refractivity contribution in [2.45, 2.75) is 12.5 Å². The van der Waals surface area contributed by atoms with Crippen molar-refractivity contribution in [2.75, 3.05) is 6.54 Å². The van der Waals surface area contributed by atoms with Crippen LogP contribution in [0.4, 0.5) is 13.2 Å². The second-order valence-electron chi connectivity index (χ2n) is 2.87. The topological polar surface area (TPSA) is 55.5 Å². The summed E-state index contributed by atoms with van der Waals surface area (Å²) in [5, 5.41) is 9.29. The van der Waals surface area contributed by atoms with Gasteiger partial charge in [0.1, 0.15) is 5.75 Å². The van der Waals surface area contributed by atoms with Gasteiger partial charge in [-0.3, -0.25) is 0 Å². The number of hydrogen-bond acceptors (Lipinski definition) is 3. The maximum Gasteiger partial charge on any atom is 0.573 e. The summed E-state index contributed by atoms with van der Waals surface area (Å²) in [6.45, 7) is -0.0600. The SMILES string of the molecule is Cl.NCC(O)c1cccc(OC(F)(F)F)c1.